The Morgan fingerprint density at radius 2 is 1.36 bits per heavy atom. The summed E-state index contributed by atoms with van der Waals surface area (Å²) in [5.74, 6) is -0.942. The lowest BCUT2D eigenvalue weighted by Gasteiger charge is -2.14. The number of nitrogens with zero attached hydrogens (tertiary/aromatic N) is 1. The molecule has 4 nitrogen and oxygen atoms in total. The van der Waals surface area contributed by atoms with Crippen molar-refractivity contribution in [2.24, 2.45) is 0 Å². The summed E-state index contributed by atoms with van der Waals surface area (Å²) in [6.07, 6.45) is 0. The van der Waals surface area contributed by atoms with Crippen LogP contribution < -0.4 is 5.73 Å². The molecule has 0 aliphatic heterocycles. The van der Waals surface area contributed by atoms with Gasteiger partial charge in [-0.25, -0.2) is 8.78 Å². The van der Waals surface area contributed by atoms with E-state index >= 15 is 0 Å². The number of halogens is 4. The minimum Gasteiger partial charge on any atom is -0.398 e. The van der Waals surface area contributed by atoms with Gasteiger partial charge < -0.3 is 5.73 Å². The number of aromatic nitrogens is 1. The normalized spacial score (nSPS) is 10.6. The number of carbonyl (C=O) groups excluding carboxylic acids is 2. The van der Waals surface area contributed by atoms with Gasteiger partial charge in [0.25, 0.3) is 0 Å². The third kappa shape index (κ3) is 6.46. The van der Waals surface area contributed by atoms with Crippen molar-refractivity contribution in [3.63, 3.8) is 0 Å². The van der Waals surface area contributed by atoms with Crippen LogP contribution in [0.3, 0.4) is 0 Å². The molecule has 0 unspecified atom stereocenters. The van der Waals surface area contributed by atoms with Crippen molar-refractivity contribution in [1.82, 2.24) is 4.98 Å². The molecule has 0 aliphatic carbocycles. The van der Waals surface area contributed by atoms with E-state index in [9.17, 15) is 18.4 Å². The quantitative estimate of drug-likeness (QED) is 0.156. The third-order valence-electron chi connectivity index (χ3n) is 5.98. The van der Waals surface area contributed by atoms with Crippen LogP contribution in [0.2, 0.25) is 0 Å². The predicted molar refractivity (Wildman–Crippen MR) is 158 cm³/mol. The third-order valence-corrected chi connectivity index (χ3v) is 6.97. The Hall–Kier alpha value is -3.75. The number of nitrogen functional groups attached to an aromatic ring is 1. The lowest BCUT2D eigenvalue weighted by Crippen LogP contribution is -2.05. The van der Waals surface area contributed by atoms with E-state index in [2.05, 4.69) is 36.8 Å². The number of nitrogens with two attached hydrogens (primary N) is 1. The van der Waals surface area contributed by atoms with E-state index in [0.717, 1.165) is 31.0 Å². The number of Topliss-reactive ketones (excluding diaryl/α,β-unsaturated/α-hetero) is 1. The first-order valence-electron chi connectivity index (χ1n) is 11.8. The highest BCUT2D eigenvalue weighted by molar-refractivity contribution is 9.10. The summed E-state index contributed by atoms with van der Waals surface area (Å²) in [6, 6.07) is 22.4. The van der Waals surface area contributed by atoms with E-state index in [4.69, 9.17) is 5.73 Å². The molecule has 0 bridgehead atoms. The van der Waals surface area contributed by atoms with Crippen molar-refractivity contribution in [2.45, 2.75) is 13.8 Å². The number of rotatable bonds is 4. The zero-order valence-electron chi connectivity index (χ0n) is 20.9. The molecule has 1 aromatic heterocycles. The van der Waals surface area contributed by atoms with E-state index in [1.807, 2.05) is 25.1 Å². The molecule has 39 heavy (non-hydrogen) atoms. The first-order chi connectivity index (χ1) is 18.5. The van der Waals surface area contributed by atoms with Gasteiger partial charge in [-0.3, -0.25) is 14.6 Å². The topological polar surface area (TPSA) is 73.1 Å². The fourth-order valence-corrected chi connectivity index (χ4v) is 4.91. The van der Waals surface area contributed by atoms with Gasteiger partial charge in [-0.2, -0.15) is 0 Å². The highest BCUT2D eigenvalue weighted by Gasteiger charge is 2.18. The van der Waals surface area contributed by atoms with Gasteiger partial charge in [-0.05, 0) is 92.2 Å². The maximum absolute atomic E-state index is 13.2. The highest BCUT2D eigenvalue weighted by atomic mass is 79.9. The first kappa shape index (κ1) is 28.3. The molecule has 0 amide bonds. The number of pyridine rings is 1. The zero-order valence-corrected chi connectivity index (χ0v) is 24.1. The summed E-state index contributed by atoms with van der Waals surface area (Å²) in [4.78, 5) is 28.8. The SMILES string of the molecule is CC(=O)c1c(C)nc2ccc(Br)cc2c1-c1ccc(F)cc1.Nc1ccc(Br)cc1C(=O)c1ccc(F)cc1. The largest absolute Gasteiger partial charge is 0.398 e. The Labute approximate surface area is 241 Å². The molecule has 1 heterocycles. The summed E-state index contributed by atoms with van der Waals surface area (Å²) in [5.41, 5.74) is 10.6. The first-order valence-corrected chi connectivity index (χ1v) is 13.4. The molecule has 196 valence electrons. The van der Waals surface area contributed by atoms with Crippen LogP contribution in [0, 0.1) is 18.6 Å². The second kappa shape index (κ2) is 12.0. The number of benzene rings is 4. The molecule has 0 atom stereocenters. The molecule has 5 rings (SSSR count). The van der Waals surface area contributed by atoms with Crippen molar-refractivity contribution in [2.75, 3.05) is 5.73 Å². The molecule has 2 N–H and O–H groups in total. The summed E-state index contributed by atoms with van der Waals surface area (Å²) in [7, 11) is 0. The standard InChI is InChI=1S/C18H13BrFNO.C13H9BrFNO/c1-10-17(11(2)22)18(12-3-6-14(20)7-4-12)15-9-13(19)5-8-16(15)21-10;14-9-3-6-12(16)11(7-9)13(17)8-1-4-10(15)5-2-8/h3-9H,1-2H3;1-7H,16H2. The van der Waals surface area contributed by atoms with Crippen molar-refractivity contribution < 1.29 is 18.4 Å². The smallest absolute Gasteiger partial charge is 0.195 e. The van der Waals surface area contributed by atoms with Gasteiger partial charge >= 0.3 is 0 Å². The number of anilines is 1. The number of hydrogen-bond acceptors (Lipinski definition) is 4. The maximum Gasteiger partial charge on any atom is 0.195 e. The number of hydrogen-bond donors (Lipinski definition) is 1. The van der Waals surface area contributed by atoms with Gasteiger partial charge in [0.15, 0.2) is 11.6 Å². The van der Waals surface area contributed by atoms with Crippen LogP contribution in [0.4, 0.5) is 14.5 Å². The zero-order chi connectivity index (χ0) is 28.3. The van der Waals surface area contributed by atoms with Crippen LogP contribution in [0.25, 0.3) is 22.0 Å². The van der Waals surface area contributed by atoms with Gasteiger partial charge in [0.1, 0.15) is 11.6 Å². The molecule has 0 spiro atoms. The van der Waals surface area contributed by atoms with E-state index in [1.165, 1.54) is 43.3 Å². The number of carbonyl (C=O) groups is 2. The van der Waals surface area contributed by atoms with Crippen LogP contribution >= 0.6 is 31.9 Å². The molecule has 4 aromatic carbocycles. The molecule has 8 heteroatoms. The fourth-order valence-electron chi connectivity index (χ4n) is 4.19. The molecule has 0 aliphatic rings. The van der Waals surface area contributed by atoms with E-state index < -0.39 is 0 Å². The lowest BCUT2D eigenvalue weighted by atomic mass is 9.92. The van der Waals surface area contributed by atoms with Gasteiger partial charge in [-0.1, -0.05) is 44.0 Å². The van der Waals surface area contributed by atoms with Gasteiger partial charge in [0.2, 0.25) is 0 Å². The summed E-state index contributed by atoms with van der Waals surface area (Å²) < 4.78 is 27.7. The van der Waals surface area contributed by atoms with Crippen LogP contribution in [0.15, 0.2) is 93.9 Å². The number of ketones is 2. The average Bonchev–Trinajstić information content (AvgIpc) is 2.90. The van der Waals surface area contributed by atoms with Crippen molar-refractivity contribution in [1.29, 1.82) is 0 Å². The lowest BCUT2D eigenvalue weighted by molar-refractivity contribution is 0.101. The average molecular weight is 652 g/mol. The van der Waals surface area contributed by atoms with Gasteiger partial charge in [0, 0.05) is 48.0 Å². The Morgan fingerprint density at radius 1 is 0.795 bits per heavy atom. The Morgan fingerprint density at radius 3 is 1.97 bits per heavy atom. The van der Waals surface area contributed by atoms with Crippen molar-refractivity contribution in [3.8, 4) is 11.1 Å². The Kier molecular flexibility index (Phi) is 8.67. The maximum atomic E-state index is 13.2. The fraction of sp³-hybridized carbons (Fsp3) is 0.0645. The second-order valence-corrected chi connectivity index (χ2v) is 10.6. The molecule has 0 radical (unpaired) electrons. The van der Waals surface area contributed by atoms with Crippen LogP contribution in [-0.2, 0) is 0 Å². The molecular formula is C31H22Br2F2N2O2. The van der Waals surface area contributed by atoms with Crippen molar-refractivity contribution in [3.05, 3.63) is 128 Å². The molecule has 0 saturated carbocycles. The highest BCUT2D eigenvalue weighted by Crippen LogP contribution is 2.35. The summed E-state index contributed by atoms with van der Waals surface area (Å²) in [5, 5.41) is 0.872. The van der Waals surface area contributed by atoms with Crippen LogP contribution in [-0.4, -0.2) is 16.6 Å². The van der Waals surface area contributed by atoms with E-state index in [0.29, 0.717) is 28.1 Å². The Bertz CT molecular complexity index is 1700. The molecular weight excluding hydrogens is 630 g/mol. The molecule has 0 fully saturated rings. The number of fused-ring (bicyclic) bond motifs is 1. The molecule has 0 saturated heterocycles. The predicted octanol–water partition coefficient (Wildman–Crippen LogP) is 8.72. The van der Waals surface area contributed by atoms with Gasteiger partial charge in [-0.15, -0.1) is 0 Å². The second-order valence-electron chi connectivity index (χ2n) is 8.74. The number of aryl methyl sites for hydroxylation is 1. The van der Waals surface area contributed by atoms with E-state index in [-0.39, 0.29) is 23.2 Å². The Balaban J connectivity index is 0.000000187. The van der Waals surface area contributed by atoms with Crippen LogP contribution in [0.1, 0.15) is 38.9 Å². The monoisotopic (exact) mass is 650 g/mol. The summed E-state index contributed by atoms with van der Waals surface area (Å²) in [6.45, 7) is 3.35. The van der Waals surface area contributed by atoms with E-state index in [1.54, 1.807) is 30.3 Å². The van der Waals surface area contributed by atoms with Crippen LogP contribution in [0.5, 0.6) is 0 Å². The minimum atomic E-state index is -0.372. The van der Waals surface area contributed by atoms with Crippen molar-refractivity contribution >= 4 is 60.0 Å². The minimum absolute atomic E-state index is 0.0498. The molecule has 5 aromatic rings. The van der Waals surface area contributed by atoms with Gasteiger partial charge in [0.05, 0.1) is 5.52 Å². The summed E-state index contributed by atoms with van der Waals surface area (Å²) >= 11 is 6.74.